The topological polar surface area (TPSA) is 61.3 Å². The van der Waals surface area contributed by atoms with Crippen LogP contribution in [0.5, 0.6) is 0 Å². The molecule has 0 aliphatic rings. The number of benzene rings is 2. The lowest BCUT2D eigenvalue weighted by Gasteiger charge is -2.03. The molecule has 1 aromatic heterocycles. The van der Waals surface area contributed by atoms with Gasteiger partial charge in [0.15, 0.2) is 5.58 Å². The van der Waals surface area contributed by atoms with E-state index in [1.165, 1.54) is 0 Å². The third-order valence-corrected chi connectivity index (χ3v) is 2.78. The molecular weight excluding hydrogens is 228 g/mol. The molecule has 18 heavy (non-hydrogen) atoms. The third kappa shape index (κ3) is 1.88. The van der Waals surface area contributed by atoms with Gasteiger partial charge in [-0.3, -0.25) is 4.84 Å². The number of fused-ring (bicyclic) bond motifs is 1. The molecule has 0 aliphatic carbocycles. The zero-order valence-electron chi connectivity index (χ0n) is 9.67. The summed E-state index contributed by atoms with van der Waals surface area (Å²) in [5, 5.41) is 0. The van der Waals surface area contributed by atoms with Crippen LogP contribution in [0.1, 0.15) is 5.56 Å². The second kappa shape index (κ2) is 4.60. The van der Waals surface area contributed by atoms with Crippen molar-refractivity contribution in [2.24, 2.45) is 5.90 Å². The van der Waals surface area contributed by atoms with Gasteiger partial charge in [-0.2, -0.15) is 0 Å². The summed E-state index contributed by atoms with van der Waals surface area (Å²) in [4.78, 5) is 9.16. The van der Waals surface area contributed by atoms with Crippen molar-refractivity contribution in [3.63, 3.8) is 0 Å². The highest BCUT2D eigenvalue weighted by atomic mass is 16.6. The molecule has 2 aromatic carbocycles. The summed E-state index contributed by atoms with van der Waals surface area (Å²) in [5.41, 5.74) is 3.47. The summed E-state index contributed by atoms with van der Waals surface area (Å²) >= 11 is 0. The molecule has 0 fully saturated rings. The Kier molecular flexibility index (Phi) is 2.80. The van der Waals surface area contributed by atoms with Gasteiger partial charge in [-0.25, -0.2) is 10.9 Å². The Labute approximate surface area is 104 Å². The zero-order valence-corrected chi connectivity index (χ0v) is 9.67. The summed E-state index contributed by atoms with van der Waals surface area (Å²) in [7, 11) is 0. The number of hydrogen-bond acceptors (Lipinski definition) is 4. The monoisotopic (exact) mass is 240 g/mol. The second-order valence-corrected chi connectivity index (χ2v) is 3.95. The van der Waals surface area contributed by atoms with Gasteiger partial charge in [0.1, 0.15) is 5.52 Å². The van der Waals surface area contributed by atoms with Gasteiger partial charge >= 0.3 is 0 Å². The Morgan fingerprint density at radius 1 is 1.06 bits per heavy atom. The number of rotatable bonds is 3. The smallest absolute Gasteiger partial charge is 0.227 e. The van der Waals surface area contributed by atoms with Crippen molar-refractivity contribution in [3.05, 3.63) is 54.1 Å². The summed E-state index contributed by atoms with van der Waals surface area (Å²) in [5.74, 6) is 5.72. The van der Waals surface area contributed by atoms with E-state index in [4.69, 9.17) is 15.2 Å². The van der Waals surface area contributed by atoms with Gasteiger partial charge in [-0.05, 0) is 23.8 Å². The second-order valence-electron chi connectivity index (χ2n) is 3.95. The molecule has 2 N–H and O–H groups in total. The fourth-order valence-corrected chi connectivity index (χ4v) is 1.93. The van der Waals surface area contributed by atoms with Gasteiger partial charge in [-0.1, -0.05) is 30.3 Å². The number of hydrogen-bond donors (Lipinski definition) is 1. The van der Waals surface area contributed by atoms with Crippen LogP contribution in [0.25, 0.3) is 22.6 Å². The fourth-order valence-electron chi connectivity index (χ4n) is 1.93. The average molecular weight is 240 g/mol. The van der Waals surface area contributed by atoms with Crippen LogP contribution in [0.15, 0.2) is 52.9 Å². The van der Waals surface area contributed by atoms with Gasteiger partial charge in [0, 0.05) is 5.56 Å². The van der Waals surface area contributed by atoms with Crippen molar-refractivity contribution >= 4 is 11.1 Å². The van der Waals surface area contributed by atoms with E-state index in [1.54, 1.807) is 0 Å². The average Bonchev–Trinajstić information content (AvgIpc) is 2.83. The first-order valence-electron chi connectivity index (χ1n) is 5.64. The number of nitrogens with two attached hydrogens (primary N) is 1. The van der Waals surface area contributed by atoms with Gasteiger partial charge in [0.25, 0.3) is 0 Å². The Morgan fingerprint density at radius 2 is 1.83 bits per heavy atom. The predicted octanol–water partition coefficient (Wildman–Crippen LogP) is 2.89. The van der Waals surface area contributed by atoms with Crippen LogP contribution in [0.2, 0.25) is 0 Å². The minimum absolute atomic E-state index is 0.328. The maximum Gasteiger partial charge on any atom is 0.227 e. The molecule has 3 rings (SSSR count). The predicted molar refractivity (Wildman–Crippen MR) is 68.4 cm³/mol. The van der Waals surface area contributed by atoms with Crippen LogP contribution in [0, 0.1) is 0 Å². The van der Waals surface area contributed by atoms with Crippen molar-refractivity contribution in [1.82, 2.24) is 4.98 Å². The Morgan fingerprint density at radius 3 is 2.67 bits per heavy atom. The molecular formula is C14H12N2O2. The molecule has 0 spiro atoms. The van der Waals surface area contributed by atoms with Gasteiger partial charge in [0.05, 0.1) is 6.61 Å². The lowest BCUT2D eigenvalue weighted by atomic mass is 10.1. The molecule has 3 aromatic rings. The summed E-state index contributed by atoms with van der Waals surface area (Å²) < 4.78 is 5.73. The molecule has 4 nitrogen and oxygen atoms in total. The van der Waals surface area contributed by atoms with E-state index in [1.807, 2.05) is 48.5 Å². The molecule has 1 heterocycles. The zero-order chi connectivity index (χ0) is 12.4. The van der Waals surface area contributed by atoms with E-state index in [2.05, 4.69) is 4.98 Å². The van der Waals surface area contributed by atoms with Crippen molar-refractivity contribution in [2.75, 3.05) is 0 Å². The number of aromatic nitrogens is 1. The van der Waals surface area contributed by atoms with Crippen LogP contribution < -0.4 is 5.90 Å². The maximum absolute atomic E-state index is 5.73. The van der Waals surface area contributed by atoms with Crippen molar-refractivity contribution in [2.45, 2.75) is 6.61 Å². The molecule has 4 heteroatoms. The molecule has 90 valence electrons. The maximum atomic E-state index is 5.73. The highest BCUT2D eigenvalue weighted by Gasteiger charge is 2.11. The highest BCUT2D eigenvalue weighted by Crippen LogP contribution is 2.27. The fraction of sp³-hybridized carbons (Fsp3) is 0.0714. The van der Waals surface area contributed by atoms with Crippen LogP contribution in [0.4, 0.5) is 0 Å². The van der Waals surface area contributed by atoms with E-state index in [0.29, 0.717) is 12.5 Å². The van der Waals surface area contributed by atoms with Crippen LogP contribution in [0.3, 0.4) is 0 Å². The third-order valence-electron chi connectivity index (χ3n) is 2.78. The normalized spacial score (nSPS) is 10.9. The highest BCUT2D eigenvalue weighted by molar-refractivity contribution is 5.76. The molecule has 0 radical (unpaired) electrons. The first kappa shape index (κ1) is 11.0. The number of oxazole rings is 1. The lowest BCUT2D eigenvalue weighted by Crippen LogP contribution is -2.00. The molecule has 0 saturated heterocycles. The molecule has 0 amide bonds. The first-order valence-corrected chi connectivity index (χ1v) is 5.64. The van der Waals surface area contributed by atoms with E-state index < -0.39 is 0 Å². The van der Waals surface area contributed by atoms with Gasteiger partial charge in [-0.15, -0.1) is 0 Å². The number of nitrogens with zero attached hydrogens (tertiary/aromatic N) is 1. The van der Waals surface area contributed by atoms with Crippen molar-refractivity contribution < 1.29 is 9.25 Å². The lowest BCUT2D eigenvalue weighted by molar-refractivity contribution is 0.124. The SMILES string of the molecule is NOCc1ccccc1-c1nc2ccccc2o1. The van der Waals surface area contributed by atoms with Crippen molar-refractivity contribution in [3.8, 4) is 11.5 Å². The van der Waals surface area contributed by atoms with Crippen LogP contribution in [-0.4, -0.2) is 4.98 Å². The quantitative estimate of drug-likeness (QED) is 0.715. The first-order chi connectivity index (χ1) is 8.88. The molecule has 0 saturated carbocycles. The summed E-state index contributed by atoms with van der Waals surface area (Å²) in [6.45, 7) is 0.328. The van der Waals surface area contributed by atoms with Gasteiger partial charge in [0.2, 0.25) is 5.89 Å². The minimum Gasteiger partial charge on any atom is -0.436 e. The largest absolute Gasteiger partial charge is 0.436 e. The van der Waals surface area contributed by atoms with E-state index >= 15 is 0 Å². The van der Waals surface area contributed by atoms with E-state index in [0.717, 1.165) is 22.2 Å². The minimum atomic E-state index is 0.328. The van der Waals surface area contributed by atoms with E-state index in [9.17, 15) is 0 Å². The Balaban J connectivity index is 2.13. The Hall–Kier alpha value is -2.17. The van der Waals surface area contributed by atoms with E-state index in [-0.39, 0.29) is 0 Å². The summed E-state index contributed by atoms with van der Waals surface area (Å²) in [6.07, 6.45) is 0. The molecule has 0 atom stereocenters. The molecule has 0 bridgehead atoms. The van der Waals surface area contributed by atoms with Crippen LogP contribution in [-0.2, 0) is 11.4 Å². The Bertz CT molecular complexity index is 643. The molecule has 0 unspecified atom stereocenters. The van der Waals surface area contributed by atoms with Gasteiger partial charge < -0.3 is 4.42 Å². The summed E-state index contributed by atoms with van der Waals surface area (Å²) in [6, 6.07) is 15.4. The van der Waals surface area contributed by atoms with Crippen molar-refractivity contribution in [1.29, 1.82) is 0 Å². The van der Waals surface area contributed by atoms with Crippen LogP contribution >= 0.6 is 0 Å². The number of para-hydroxylation sites is 2. The standard InChI is InChI=1S/C14H12N2O2/c15-17-9-10-5-1-2-6-11(10)14-16-12-7-3-4-8-13(12)18-14/h1-8H,9,15H2. The molecule has 0 aliphatic heterocycles.